The number of aliphatic imine (C=N–C) groups is 1. The first-order chi connectivity index (χ1) is 9.89. The average Bonchev–Trinajstić information content (AvgIpc) is 2.37. The Hall–Kier alpha value is -0.273. The van der Waals surface area contributed by atoms with Crippen molar-refractivity contribution in [2.75, 3.05) is 61.0 Å². The summed E-state index contributed by atoms with van der Waals surface area (Å²) in [6.45, 7) is 8.58. The van der Waals surface area contributed by atoms with E-state index in [1.54, 1.807) is 0 Å². The van der Waals surface area contributed by atoms with E-state index < -0.39 is 8.56 Å². The monoisotopic (exact) mass is 317 g/mol. The Morgan fingerprint density at radius 3 is 1.95 bits per heavy atom. The van der Waals surface area contributed by atoms with Gasteiger partial charge in [-0.05, 0) is 59.8 Å². The average molecular weight is 318 g/mol. The Balaban J connectivity index is 4.22. The van der Waals surface area contributed by atoms with Crippen LogP contribution in [0.15, 0.2) is 4.99 Å². The molecule has 0 saturated carbocycles. The molecule has 126 valence electrons. The second-order valence-corrected chi connectivity index (χ2v) is 9.41. The molecule has 0 aliphatic heterocycles. The van der Waals surface area contributed by atoms with Crippen LogP contribution in [0.1, 0.15) is 19.8 Å². The lowest BCUT2D eigenvalue weighted by Crippen LogP contribution is -2.42. The van der Waals surface area contributed by atoms with Crippen molar-refractivity contribution in [2.24, 2.45) is 4.99 Å². The molecule has 0 N–H and O–H groups in total. The van der Waals surface area contributed by atoms with Gasteiger partial charge < -0.3 is 18.7 Å². The molecule has 0 aromatic rings. The Kier molecular flexibility index (Phi) is 12.1. The lowest BCUT2D eigenvalue weighted by atomic mass is 10.5. The molecule has 21 heavy (non-hydrogen) atoms. The van der Waals surface area contributed by atoms with Crippen LogP contribution in [0.4, 0.5) is 0 Å². The lowest BCUT2D eigenvalue weighted by molar-refractivity contribution is 0.150. The normalized spacial score (nSPS) is 13.0. The van der Waals surface area contributed by atoms with Gasteiger partial charge in [0.1, 0.15) is 0 Å². The third-order valence-electron chi connectivity index (χ3n) is 3.10. The minimum absolute atomic E-state index is 0.740. The molecule has 5 nitrogen and oxygen atoms in total. The maximum Gasteiger partial charge on any atom is 0.335 e. The van der Waals surface area contributed by atoms with Gasteiger partial charge in [0.2, 0.25) is 0 Å². The smallest absolute Gasteiger partial charge is 0.335 e. The molecule has 0 heterocycles. The summed E-state index contributed by atoms with van der Waals surface area (Å²) < 4.78 is 12.2. The maximum atomic E-state index is 6.12. The number of hydrogen-bond acceptors (Lipinski definition) is 5. The van der Waals surface area contributed by atoms with E-state index in [-0.39, 0.29) is 0 Å². The molecule has 6 heteroatoms. The van der Waals surface area contributed by atoms with Gasteiger partial charge in [0.15, 0.2) is 0 Å². The first-order valence-corrected chi connectivity index (χ1v) is 10.5. The van der Waals surface area contributed by atoms with Crippen LogP contribution in [0, 0.1) is 0 Å². The predicted molar refractivity (Wildman–Crippen MR) is 93.7 cm³/mol. The highest BCUT2D eigenvalue weighted by Gasteiger charge is 2.30. The lowest BCUT2D eigenvalue weighted by Gasteiger charge is -2.28. The number of nitrogens with zero attached hydrogens (tertiary/aromatic N) is 3. The van der Waals surface area contributed by atoms with Gasteiger partial charge in [0, 0.05) is 32.8 Å². The van der Waals surface area contributed by atoms with E-state index in [0.717, 1.165) is 51.7 Å². The molecule has 0 atom stereocenters. The van der Waals surface area contributed by atoms with Crippen molar-refractivity contribution in [3.05, 3.63) is 0 Å². The summed E-state index contributed by atoms with van der Waals surface area (Å²) in [5.74, 6) is 0. The van der Waals surface area contributed by atoms with Crippen molar-refractivity contribution < 1.29 is 8.85 Å². The fourth-order valence-electron chi connectivity index (χ4n) is 1.71. The zero-order chi connectivity index (χ0) is 16.1. The van der Waals surface area contributed by atoms with E-state index in [1.807, 2.05) is 6.21 Å². The number of likely N-dealkylation sites (N-methyl/N-ethyl adjacent to an activating group) is 2. The van der Waals surface area contributed by atoms with Crippen molar-refractivity contribution in [1.82, 2.24) is 9.80 Å². The quantitative estimate of drug-likeness (QED) is 0.385. The summed E-state index contributed by atoms with van der Waals surface area (Å²) in [5.41, 5.74) is 0. The molecule has 0 aliphatic rings. The Morgan fingerprint density at radius 1 is 1.00 bits per heavy atom. The number of rotatable bonds is 13. The minimum atomic E-state index is -2.09. The van der Waals surface area contributed by atoms with E-state index in [2.05, 4.69) is 56.5 Å². The second kappa shape index (κ2) is 12.3. The van der Waals surface area contributed by atoms with Crippen LogP contribution in [0.2, 0.25) is 12.6 Å². The van der Waals surface area contributed by atoms with Gasteiger partial charge in [-0.3, -0.25) is 4.99 Å². The summed E-state index contributed by atoms with van der Waals surface area (Å²) in [6.07, 6.45) is 4.08. The van der Waals surface area contributed by atoms with Gasteiger partial charge in [-0.25, -0.2) is 0 Å². The van der Waals surface area contributed by atoms with Crippen LogP contribution in [0.5, 0.6) is 0 Å². The van der Waals surface area contributed by atoms with Gasteiger partial charge in [0.25, 0.3) is 0 Å². The fourth-order valence-corrected chi connectivity index (χ4v) is 3.78. The Bertz CT molecular complexity index is 260. The molecule has 0 rings (SSSR count). The first kappa shape index (κ1) is 20.7. The molecule has 0 amide bonds. The summed E-state index contributed by atoms with van der Waals surface area (Å²) >= 11 is 0. The molecule has 0 saturated heterocycles. The zero-order valence-corrected chi connectivity index (χ0v) is 15.9. The molecule has 0 unspecified atom stereocenters. The number of hydrogen-bond donors (Lipinski definition) is 0. The van der Waals surface area contributed by atoms with Crippen LogP contribution >= 0.6 is 0 Å². The van der Waals surface area contributed by atoms with Gasteiger partial charge in [-0.15, -0.1) is 0 Å². The van der Waals surface area contributed by atoms with Crippen molar-refractivity contribution >= 4 is 14.8 Å². The fraction of sp³-hybridized carbons (Fsp3) is 0.933. The van der Waals surface area contributed by atoms with E-state index in [1.165, 1.54) is 0 Å². The van der Waals surface area contributed by atoms with Gasteiger partial charge >= 0.3 is 8.56 Å². The van der Waals surface area contributed by atoms with Crippen molar-refractivity contribution in [1.29, 1.82) is 0 Å². The third kappa shape index (κ3) is 13.1. The zero-order valence-electron chi connectivity index (χ0n) is 14.9. The molecule has 0 bridgehead atoms. The van der Waals surface area contributed by atoms with Crippen LogP contribution in [0.25, 0.3) is 0 Å². The minimum Gasteiger partial charge on any atom is -0.393 e. The topological polar surface area (TPSA) is 37.3 Å². The van der Waals surface area contributed by atoms with Crippen LogP contribution in [-0.4, -0.2) is 85.6 Å². The van der Waals surface area contributed by atoms with Gasteiger partial charge in [-0.2, -0.15) is 0 Å². The standard InChI is InChI=1S/C15H35N3O2Si/c1-7-9-16-10-8-15-21(6,19-13-11-17(2)3)20-14-12-18(4)5/h10H,7-9,11-15H2,1-6H3. The maximum absolute atomic E-state index is 6.12. The molecular weight excluding hydrogens is 282 g/mol. The molecule has 0 aromatic carbocycles. The first-order valence-electron chi connectivity index (χ1n) is 7.95. The van der Waals surface area contributed by atoms with Crippen molar-refractivity contribution in [3.8, 4) is 0 Å². The highest BCUT2D eigenvalue weighted by atomic mass is 28.4. The van der Waals surface area contributed by atoms with E-state index >= 15 is 0 Å². The van der Waals surface area contributed by atoms with Gasteiger partial charge in [0.05, 0.1) is 0 Å². The van der Waals surface area contributed by atoms with Gasteiger partial charge in [-0.1, -0.05) is 6.92 Å². The van der Waals surface area contributed by atoms with Crippen LogP contribution in [0.3, 0.4) is 0 Å². The Labute approximate surface area is 132 Å². The highest BCUT2D eigenvalue weighted by Crippen LogP contribution is 2.15. The largest absolute Gasteiger partial charge is 0.393 e. The molecule has 0 radical (unpaired) electrons. The molecule has 0 spiro atoms. The molecule has 0 aromatic heterocycles. The summed E-state index contributed by atoms with van der Waals surface area (Å²) in [7, 11) is 6.16. The van der Waals surface area contributed by atoms with Crippen molar-refractivity contribution in [2.45, 2.75) is 32.4 Å². The summed E-state index contributed by atoms with van der Waals surface area (Å²) in [4.78, 5) is 8.65. The Morgan fingerprint density at radius 2 is 1.52 bits per heavy atom. The van der Waals surface area contributed by atoms with Crippen LogP contribution < -0.4 is 0 Å². The summed E-state index contributed by atoms with van der Waals surface area (Å²) in [5, 5.41) is 0. The summed E-state index contributed by atoms with van der Waals surface area (Å²) in [6, 6.07) is 0.973. The second-order valence-electron chi connectivity index (χ2n) is 6.06. The SMILES string of the molecule is CCCN=CCC[Si](C)(OCCN(C)C)OCCN(C)C. The predicted octanol–water partition coefficient (Wildman–Crippen LogP) is 2.09. The van der Waals surface area contributed by atoms with E-state index in [0.29, 0.717) is 0 Å². The highest BCUT2D eigenvalue weighted by molar-refractivity contribution is 6.66. The van der Waals surface area contributed by atoms with E-state index in [9.17, 15) is 0 Å². The van der Waals surface area contributed by atoms with Crippen LogP contribution in [-0.2, 0) is 8.85 Å². The molecular formula is C15H35N3O2Si. The van der Waals surface area contributed by atoms with E-state index in [4.69, 9.17) is 8.85 Å². The molecule has 0 aliphatic carbocycles. The molecule has 0 fully saturated rings. The van der Waals surface area contributed by atoms with Crippen molar-refractivity contribution in [3.63, 3.8) is 0 Å². The third-order valence-corrected chi connectivity index (χ3v) is 5.93.